The Kier molecular flexibility index (Phi) is 7.42. The normalized spacial score (nSPS) is 16.6. The predicted octanol–water partition coefficient (Wildman–Crippen LogP) is 1.41. The van der Waals surface area contributed by atoms with E-state index in [1.807, 2.05) is 20.8 Å². The van der Waals surface area contributed by atoms with Gasteiger partial charge in [-0.1, -0.05) is 0 Å². The Morgan fingerprint density at radius 2 is 1.92 bits per heavy atom. The fourth-order valence-corrected chi connectivity index (χ4v) is 4.11. The maximum Gasteiger partial charge on any atom is 0.240 e. The second kappa shape index (κ2) is 9.14. The summed E-state index contributed by atoms with van der Waals surface area (Å²) in [6, 6.07) is 4.89. The highest BCUT2D eigenvalue weighted by molar-refractivity contribution is 7.89. The molecule has 1 aliphatic rings. The third kappa shape index (κ3) is 5.65. The van der Waals surface area contributed by atoms with E-state index in [4.69, 9.17) is 14.2 Å². The molecule has 1 aromatic rings. The number of morpholine rings is 1. The first-order valence-corrected chi connectivity index (χ1v) is 10.3. The van der Waals surface area contributed by atoms with E-state index in [9.17, 15) is 8.42 Å². The number of ether oxygens (including phenoxy) is 3. The van der Waals surface area contributed by atoms with Gasteiger partial charge in [0.1, 0.15) is 12.4 Å². The topological polar surface area (TPSA) is 77.1 Å². The summed E-state index contributed by atoms with van der Waals surface area (Å²) in [6.07, 6.45) is 0. The van der Waals surface area contributed by atoms with Crippen LogP contribution in [0, 0.1) is 6.92 Å². The zero-order valence-corrected chi connectivity index (χ0v) is 16.9. The number of methoxy groups -OCH3 is 1. The van der Waals surface area contributed by atoms with E-state index < -0.39 is 10.0 Å². The van der Waals surface area contributed by atoms with E-state index in [0.29, 0.717) is 38.7 Å². The summed E-state index contributed by atoms with van der Waals surface area (Å²) in [5.41, 5.74) is 0.492. The molecule has 0 radical (unpaired) electrons. The molecule has 7 nitrogen and oxygen atoms in total. The van der Waals surface area contributed by atoms with Crippen molar-refractivity contribution in [3.63, 3.8) is 0 Å². The van der Waals surface area contributed by atoms with Crippen molar-refractivity contribution in [3.05, 3.63) is 23.8 Å². The zero-order valence-electron chi connectivity index (χ0n) is 16.1. The van der Waals surface area contributed by atoms with Gasteiger partial charge in [-0.25, -0.2) is 13.1 Å². The Bertz CT molecular complexity index is 685. The molecule has 0 aliphatic carbocycles. The van der Waals surface area contributed by atoms with E-state index >= 15 is 0 Å². The molecular weight excluding hydrogens is 356 g/mol. The van der Waals surface area contributed by atoms with Gasteiger partial charge >= 0.3 is 0 Å². The standard InChI is InChI=1S/C18H30N2O5S/c1-15-13-16(5-6-17(15)25-12-11-23-4)26(21,22)19-14-18(2,3)20-7-9-24-10-8-20/h5-6,13,19H,7-12,14H2,1-4H3. The lowest BCUT2D eigenvalue weighted by Crippen LogP contribution is -2.55. The van der Waals surface area contributed by atoms with Crippen LogP contribution in [0.4, 0.5) is 0 Å². The Morgan fingerprint density at radius 1 is 1.23 bits per heavy atom. The highest BCUT2D eigenvalue weighted by Crippen LogP contribution is 2.22. The van der Waals surface area contributed by atoms with E-state index in [1.54, 1.807) is 25.3 Å². The minimum absolute atomic E-state index is 0.242. The summed E-state index contributed by atoms with van der Waals surface area (Å²) in [5, 5.41) is 0. The molecule has 26 heavy (non-hydrogen) atoms. The molecule has 2 rings (SSSR count). The molecule has 0 unspecified atom stereocenters. The van der Waals surface area contributed by atoms with Crippen molar-refractivity contribution in [3.8, 4) is 5.75 Å². The van der Waals surface area contributed by atoms with Crippen molar-refractivity contribution in [2.75, 3.05) is 53.2 Å². The summed E-state index contributed by atoms with van der Waals surface area (Å²) in [4.78, 5) is 2.49. The molecule has 1 saturated heterocycles. The van der Waals surface area contributed by atoms with Crippen molar-refractivity contribution < 1.29 is 22.6 Å². The second-order valence-corrected chi connectivity index (χ2v) is 8.77. The number of sulfonamides is 1. The first kappa shape index (κ1) is 21.1. The van der Waals surface area contributed by atoms with Crippen LogP contribution in [-0.4, -0.2) is 72.0 Å². The van der Waals surface area contributed by atoms with Gasteiger partial charge in [-0.15, -0.1) is 0 Å². The van der Waals surface area contributed by atoms with Crippen LogP contribution in [-0.2, 0) is 19.5 Å². The third-order valence-electron chi connectivity index (χ3n) is 4.56. The highest BCUT2D eigenvalue weighted by Gasteiger charge is 2.30. The summed E-state index contributed by atoms with van der Waals surface area (Å²) in [6.45, 7) is 10.1. The lowest BCUT2D eigenvalue weighted by Gasteiger charge is -2.40. The van der Waals surface area contributed by atoms with Gasteiger partial charge < -0.3 is 14.2 Å². The van der Waals surface area contributed by atoms with Gasteiger partial charge in [0.2, 0.25) is 10.0 Å². The second-order valence-electron chi connectivity index (χ2n) is 7.00. The molecule has 0 amide bonds. The number of hydrogen-bond donors (Lipinski definition) is 1. The minimum atomic E-state index is -3.58. The van der Waals surface area contributed by atoms with Crippen LogP contribution in [0.2, 0.25) is 0 Å². The molecule has 0 saturated carbocycles. The lowest BCUT2D eigenvalue weighted by molar-refractivity contribution is -0.00803. The van der Waals surface area contributed by atoms with Crippen LogP contribution >= 0.6 is 0 Å². The van der Waals surface area contributed by atoms with Gasteiger partial charge in [-0.2, -0.15) is 0 Å². The number of rotatable bonds is 9. The van der Waals surface area contributed by atoms with Crippen LogP contribution in [0.1, 0.15) is 19.4 Å². The zero-order chi connectivity index (χ0) is 19.2. The van der Waals surface area contributed by atoms with Crippen LogP contribution in [0.3, 0.4) is 0 Å². The first-order chi connectivity index (χ1) is 12.3. The van der Waals surface area contributed by atoms with Crippen molar-refractivity contribution in [2.45, 2.75) is 31.2 Å². The average Bonchev–Trinajstić information content (AvgIpc) is 2.62. The largest absolute Gasteiger partial charge is 0.491 e. The van der Waals surface area contributed by atoms with Crippen molar-refractivity contribution >= 4 is 10.0 Å². The van der Waals surface area contributed by atoms with Crippen molar-refractivity contribution in [1.82, 2.24) is 9.62 Å². The number of benzene rings is 1. The van der Waals surface area contributed by atoms with E-state index in [0.717, 1.165) is 18.7 Å². The SMILES string of the molecule is COCCOc1ccc(S(=O)(=O)NCC(C)(C)N2CCOCC2)cc1C. The van der Waals surface area contributed by atoms with Gasteiger partial charge in [0.05, 0.1) is 24.7 Å². The minimum Gasteiger partial charge on any atom is -0.491 e. The third-order valence-corrected chi connectivity index (χ3v) is 5.96. The molecule has 0 bridgehead atoms. The van der Waals surface area contributed by atoms with E-state index in [1.165, 1.54) is 0 Å². The van der Waals surface area contributed by atoms with Gasteiger partial charge in [0.25, 0.3) is 0 Å². The molecule has 1 heterocycles. The molecule has 0 atom stereocenters. The molecular formula is C18H30N2O5S. The van der Waals surface area contributed by atoms with Crippen molar-refractivity contribution in [2.24, 2.45) is 0 Å². The number of nitrogens with zero attached hydrogens (tertiary/aromatic N) is 1. The van der Waals surface area contributed by atoms with E-state index in [-0.39, 0.29) is 10.4 Å². The molecule has 148 valence electrons. The first-order valence-electron chi connectivity index (χ1n) is 8.81. The van der Waals surface area contributed by atoms with E-state index in [2.05, 4.69) is 9.62 Å². The molecule has 0 aromatic heterocycles. The molecule has 8 heteroatoms. The van der Waals surface area contributed by atoms with Crippen LogP contribution in [0.25, 0.3) is 0 Å². The van der Waals surface area contributed by atoms with Crippen molar-refractivity contribution in [1.29, 1.82) is 0 Å². The van der Waals surface area contributed by atoms with Gasteiger partial charge in [0.15, 0.2) is 0 Å². The fraction of sp³-hybridized carbons (Fsp3) is 0.667. The summed E-state index contributed by atoms with van der Waals surface area (Å²) >= 11 is 0. The maximum absolute atomic E-state index is 12.7. The Hall–Kier alpha value is -1.19. The Labute approximate surface area is 156 Å². The smallest absolute Gasteiger partial charge is 0.240 e. The summed E-state index contributed by atoms with van der Waals surface area (Å²) in [5.74, 6) is 0.662. The number of hydrogen-bond acceptors (Lipinski definition) is 6. The average molecular weight is 387 g/mol. The number of aryl methyl sites for hydroxylation is 1. The molecule has 1 fully saturated rings. The van der Waals surface area contributed by atoms with Gasteiger partial charge in [-0.05, 0) is 44.5 Å². The van der Waals surface area contributed by atoms with Crippen LogP contribution in [0.5, 0.6) is 5.75 Å². The van der Waals surface area contributed by atoms with Crippen LogP contribution in [0.15, 0.2) is 23.1 Å². The number of nitrogens with one attached hydrogen (secondary N) is 1. The fourth-order valence-electron chi connectivity index (χ4n) is 2.82. The van der Waals surface area contributed by atoms with Crippen LogP contribution < -0.4 is 9.46 Å². The van der Waals surface area contributed by atoms with Gasteiger partial charge in [-0.3, -0.25) is 4.90 Å². The molecule has 1 N–H and O–H groups in total. The predicted molar refractivity (Wildman–Crippen MR) is 100 cm³/mol. The quantitative estimate of drug-likeness (QED) is 0.647. The molecule has 1 aliphatic heterocycles. The molecule has 0 spiro atoms. The molecule has 1 aromatic carbocycles. The summed E-state index contributed by atoms with van der Waals surface area (Å²) < 4.78 is 44.0. The Balaban J connectivity index is 2.01. The monoisotopic (exact) mass is 386 g/mol. The highest BCUT2D eigenvalue weighted by atomic mass is 32.2. The maximum atomic E-state index is 12.7. The Morgan fingerprint density at radius 3 is 2.54 bits per heavy atom. The van der Waals surface area contributed by atoms with Gasteiger partial charge in [0, 0.05) is 32.3 Å². The summed E-state index contributed by atoms with van der Waals surface area (Å²) in [7, 11) is -1.98. The lowest BCUT2D eigenvalue weighted by atomic mass is 10.0.